The Hall–Kier alpha value is -1.10. The molecule has 1 unspecified atom stereocenters. The first-order valence-corrected chi connectivity index (χ1v) is 5.27. The Morgan fingerprint density at radius 2 is 1.88 bits per heavy atom. The van der Waals surface area contributed by atoms with Gasteiger partial charge in [0.05, 0.1) is 13.7 Å². The number of nitrogens with one attached hydrogen (secondary N) is 1. The number of hydrogen-bond donors (Lipinski definition) is 2. The molecule has 0 spiro atoms. The van der Waals surface area contributed by atoms with Crippen LogP contribution in [0.2, 0.25) is 0 Å². The van der Waals surface area contributed by atoms with Crippen LogP contribution in [0.5, 0.6) is 5.75 Å². The smallest absolute Gasteiger partial charge is 0.119 e. The molecule has 0 saturated heterocycles. The number of aliphatic hydroxyl groups excluding tert-OH is 1. The van der Waals surface area contributed by atoms with Gasteiger partial charge in [0.1, 0.15) is 18.5 Å². The Balaban J connectivity index is 2.41. The summed E-state index contributed by atoms with van der Waals surface area (Å²) in [4.78, 5) is 4.64. The fourth-order valence-corrected chi connectivity index (χ4v) is 1.45. The Bertz CT molecular complexity index is 308. The quantitative estimate of drug-likeness (QED) is 0.714. The van der Waals surface area contributed by atoms with Crippen LogP contribution in [-0.2, 0) is 4.84 Å². The molecule has 0 aliphatic heterocycles. The third-order valence-corrected chi connectivity index (χ3v) is 2.10. The van der Waals surface area contributed by atoms with Crippen LogP contribution in [-0.4, -0.2) is 31.5 Å². The molecule has 90 valence electrons. The zero-order valence-corrected chi connectivity index (χ0v) is 9.99. The van der Waals surface area contributed by atoms with Crippen LogP contribution in [0.3, 0.4) is 0 Å². The number of benzene rings is 1. The highest BCUT2D eigenvalue weighted by Crippen LogP contribution is 2.16. The molecule has 4 heteroatoms. The highest BCUT2D eigenvalue weighted by Gasteiger charge is 2.05. The minimum Gasteiger partial charge on any atom is -0.491 e. The zero-order valence-electron chi connectivity index (χ0n) is 9.99. The van der Waals surface area contributed by atoms with Gasteiger partial charge < -0.3 is 14.7 Å². The van der Waals surface area contributed by atoms with E-state index in [4.69, 9.17) is 4.74 Å². The molecule has 1 atom stereocenters. The predicted octanol–water partition coefficient (Wildman–Crippen LogP) is 1.19. The summed E-state index contributed by atoms with van der Waals surface area (Å²) >= 11 is 0. The fourth-order valence-electron chi connectivity index (χ4n) is 1.45. The molecule has 16 heavy (non-hydrogen) atoms. The first-order chi connectivity index (χ1) is 7.61. The van der Waals surface area contributed by atoms with Gasteiger partial charge in [0, 0.05) is 0 Å². The van der Waals surface area contributed by atoms with Gasteiger partial charge in [0.15, 0.2) is 0 Å². The van der Waals surface area contributed by atoms with Gasteiger partial charge in [-0.3, -0.25) is 0 Å². The molecule has 0 radical (unpaired) electrons. The number of hydroxylamine groups is 1. The van der Waals surface area contributed by atoms with Crippen LogP contribution in [0, 0.1) is 13.8 Å². The van der Waals surface area contributed by atoms with E-state index in [-0.39, 0.29) is 6.61 Å². The van der Waals surface area contributed by atoms with Crippen molar-refractivity contribution in [2.45, 2.75) is 20.0 Å². The molecule has 0 aliphatic carbocycles. The molecule has 4 nitrogen and oxygen atoms in total. The summed E-state index contributed by atoms with van der Waals surface area (Å²) in [5.74, 6) is 0.786. The minimum absolute atomic E-state index is 0.249. The van der Waals surface area contributed by atoms with E-state index in [2.05, 4.69) is 16.4 Å². The molecule has 1 aromatic rings. The molecule has 0 aliphatic rings. The van der Waals surface area contributed by atoms with E-state index in [0.717, 1.165) is 16.9 Å². The Labute approximate surface area is 96.1 Å². The van der Waals surface area contributed by atoms with Crippen molar-refractivity contribution in [2.75, 3.05) is 20.3 Å². The van der Waals surface area contributed by atoms with Gasteiger partial charge in [0.2, 0.25) is 0 Å². The standard InChI is InChI=1S/C12H19NO3/c1-9-4-10(2)6-12(5-9)16-8-11(14)7-13-15-3/h4-6,11,13-14H,7-8H2,1-3H3. The summed E-state index contributed by atoms with van der Waals surface area (Å²) in [6.45, 7) is 4.63. The normalized spacial score (nSPS) is 12.5. The minimum atomic E-state index is -0.583. The highest BCUT2D eigenvalue weighted by atomic mass is 16.6. The van der Waals surface area contributed by atoms with Crippen molar-refractivity contribution < 1.29 is 14.7 Å². The van der Waals surface area contributed by atoms with Crippen LogP contribution in [0.15, 0.2) is 18.2 Å². The number of ether oxygens (including phenoxy) is 1. The predicted molar refractivity (Wildman–Crippen MR) is 62.4 cm³/mol. The number of aryl methyl sites for hydroxylation is 2. The second kappa shape index (κ2) is 6.48. The lowest BCUT2D eigenvalue weighted by Crippen LogP contribution is -2.30. The lowest BCUT2D eigenvalue weighted by Gasteiger charge is -2.13. The second-order valence-corrected chi connectivity index (χ2v) is 3.84. The molecule has 0 heterocycles. The van der Waals surface area contributed by atoms with Crippen molar-refractivity contribution in [3.05, 3.63) is 29.3 Å². The van der Waals surface area contributed by atoms with E-state index in [1.54, 1.807) is 0 Å². The molecule has 1 rings (SSSR count). The molecule has 1 aromatic carbocycles. The summed E-state index contributed by atoms with van der Waals surface area (Å²) in [7, 11) is 1.51. The molecule has 0 amide bonds. The van der Waals surface area contributed by atoms with Crippen molar-refractivity contribution in [1.29, 1.82) is 0 Å². The van der Waals surface area contributed by atoms with Crippen molar-refractivity contribution in [2.24, 2.45) is 0 Å². The first-order valence-electron chi connectivity index (χ1n) is 5.27. The third-order valence-electron chi connectivity index (χ3n) is 2.10. The summed E-state index contributed by atoms with van der Waals surface area (Å²) in [6, 6.07) is 5.97. The topological polar surface area (TPSA) is 50.7 Å². The molecule has 0 aromatic heterocycles. The molecular formula is C12H19NO3. The maximum atomic E-state index is 9.51. The summed E-state index contributed by atoms with van der Waals surface area (Å²) in [5.41, 5.74) is 4.88. The van der Waals surface area contributed by atoms with Crippen molar-refractivity contribution in [1.82, 2.24) is 5.48 Å². The molecule has 0 fully saturated rings. The van der Waals surface area contributed by atoms with Gasteiger partial charge >= 0.3 is 0 Å². The van der Waals surface area contributed by atoms with Gasteiger partial charge in [-0.2, -0.15) is 0 Å². The maximum Gasteiger partial charge on any atom is 0.119 e. The first kappa shape index (κ1) is 13.0. The van der Waals surface area contributed by atoms with E-state index >= 15 is 0 Å². The SMILES string of the molecule is CONCC(O)COc1cc(C)cc(C)c1. The Kier molecular flexibility index (Phi) is 5.25. The van der Waals surface area contributed by atoms with E-state index in [9.17, 15) is 5.11 Å². The van der Waals surface area contributed by atoms with Crippen molar-refractivity contribution >= 4 is 0 Å². The summed E-state index contributed by atoms with van der Waals surface area (Å²) in [6.07, 6.45) is -0.583. The van der Waals surface area contributed by atoms with E-state index in [1.807, 2.05) is 26.0 Å². The van der Waals surface area contributed by atoms with E-state index in [0.29, 0.717) is 6.54 Å². The lowest BCUT2D eigenvalue weighted by atomic mass is 10.1. The third kappa shape index (κ3) is 4.61. The number of hydrogen-bond acceptors (Lipinski definition) is 4. The van der Waals surface area contributed by atoms with Crippen LogP contribution in [0.4, 0.5) is 0 Å². The van der Waals surface area contributed by atoms with Gasteiger partial charge in [-0.25, -0.2) is 5.48 Å². The average molecular weight is 225 g/mol. The van der Waals surface area contributed by atoms with Crippen molar-refractivity contribution in [3.8, 4) is 5.75 Å². The Morgan fingerprint density at radius 3 is 2.44 bits per heavy atom. The summed E-state index contributed by atoms with van der Waals surface area (Å²) in [5, 5.41) is 9.51. The van der Waals surface area contributed by atoms with Gasteiger partial charge in [-0.15, -0.1) is 0 Å². The number of rotatable bonds is 6. The van der Waals surface area contributed by atoms with Gasteiger partial charge in [-0.05, 0) is 37.1 Å². The van der Waals surface area contributed by atoms with Gasteiger partial charge in [0.25, 0.3) is 0 Å². The van der Waals surface area contributed by atoms with Crippen LogP contribution >= 0.6 is 0 Å². The molecular weight excluding hydrogens is 206 g/mol. The maximum absolute atomic E-state index is 9.51. The lowest BCUT2D eigenvalue weighted by molar-refractivity contribution is 0.0321. The average Bonchev–Trinajstić information content (AvgIpc) is 2.22. The van der Waals surface area contributed by atoms with Crippen LogP contribution in [0.1, 0.15) is 11.1 Å². The van der Waals surface area contributed by atoms with E-state index in [1.165, 1.54) is 7.11 Å². The largest absolute Gasteiger partial charge is 0.491 e. The molecule has 0 bridgehead atoms. The second-order valence-electron chi connectivity index (χ2n) is 3.84. The highest BCUT2D eigenvalue weighted by molar-refractivity contribution is 5.32. The van der Waals surface area contributed by atoms with E-state index < -0.39 is 6.10 Å². The molecule has 0 saturated carbocycles. The van der Waals surface area contributed by atoms with Crippen molar-refractivity contribution in [3.63, 3.8) is 0 Å². The zero-order chi connectivity index (χ0) is 12.0. The number of aliphatic hydroxyl groups is 1. The Morgan fingerprint density at radius 1 is 1.25 bits per heavy atom. The monoisotopic (exact) mass is 225 g/mol. The van der Waals surface area contributed by atoms with Crippen LogP contribution < -0.4 is 10.2 Å². The molecule has 2 N–H and O–H groups in total. The van der Waals surface area contributed by atoms with Gasteiger partial charge in [-0.1, -0.05) is 6.07 Å². The van der Waals surface area contributed by atoms with Crippen LogP contribution in [0.25, 0.3) is 0 Å². The fraction of sp³-hybridized carbons (Fsp3) is 0.500. The summed E-state index contributed by atoms with van der Waals surface area (Å²) < 4.78 is 5.48.